The van der Waals surface area contributed by atoms with Crippen molar-refractivity contribution in [3.63, 3.8) is 0 Å². The minimum Gasteiger partial charge on any atom is -0.360 e. The fourth-order valence-corrected chi connectivity index (χ4v) is 3.09. The van der Waals surface area contributed by atoms with Crippen molar-refractivity contribution in [1.29, 1.82) is 0 Å². The van der Waals surface area contributed by atoms with Gasteiger partial charge >= 0.3 is 0 Å². The number of nitrogens with zero attached hydrogens (tertiary/aromatic N) is 1. The van der Waals surface area contributed by atoms with Crippen molar-refractivity contribution in [3.05, 3.63) is 11.5 Å². The molecule has 0 atom stereocenters. The fourth-order valence-electron chi connectivity index (χ4n) is 1.69. The molecule has 0 aromatic carbocycles. The zero-order valence-corrected chi connectivity index (χ0v) is 11.4. The van der Waals surface area contributed by atoms with E-state index in [2.05, 4.69) is 16.8 Å². The summed E-state index contributed by atoms with van der Waals surface area (Å²) in [5, 5.41) is 3.65. The summed E-state index contributed by atoms with van der Waals surface area (Å²) in [5.41, 5.74) is 0.406. The lowest BCUT2D eigenvalue weighted by Crippen LogP contribution is -2.25. The molecule has 98 valence electrons. The largest absolute Gasteiger partial charge is 0.360 e. The summed E-state index contributed by atoms with van der Waals surface area (Å²) in [6.45, 7) is 5.81. The van der Waals surface area contributed by atoms with Crippen LogP contribution < -0.4 is 4.72 Å². The molecular weight excluding hydrogens is 240 g/mol. The molecule has 5 nitrogen and oxygen atoms in total. The van der Waals surface area contributed by atoms with E-state index in [1.165, 1.54) is 0 Å². The molecule has 0 aliphatic rings. The standard InChI is InChI=1S/C11H20N2O3S/c1-4-5-6-7-8-12-17(14,15)11-9(2)13-16-10(11)3/h12H,4-8H2,1-3H3. The second-order valence-corrected chi connectivity index (χ2v) is 5.82. The summed E-state index contributed by atoms with van der Waals surface area (Å²) in [5.74, 6) is 0.337. The van der Waals surface area contributed by atoms with Crippen LogP contribution in [0.2, 0.25) is 0 Å². The normalized spacial score (nSPS) is 11.9. The predicted molar refractivity (Wildman–Crippen MR) is 65.3 cm³/mol. The molecule has 1 rings (SSSR count). The van der Waals surface area contributed by atoms with Crippen LogP contribution in [0.5, 0.6) is 0 Å². The average molecular weight is 260 g/mol. The highest BCUT2D eigenvalue weighted by Gasteiger charge is 2.23. The van der Waals surface area contributed by atoms with Crippen LogP contribution in [0.4, 0.5) is 0 Å². The molecule has 6 heteroatoms. The summed E-state index contributed by atoms with van der Waals surface area (Å²) in [4.78, 5) is 0.174. The molecule has 0 aliphatic carbocycles. The number of nitrogens with one attached hydrogen (secondary N) is 1. The van der Waals surface area contributed by atoms with Gasteiger partial charge in [-0.25, -0.2) is 13.1 Å². The number of sulfonamides is 1. The third-order valence-corrected chi connectivity index (χ3v) is 4.26. The van der Waals surface area contributed by atoms with Gasteiger partial charge in [-0.3, -0.25) is 0 Å². The highest BCUT2D eigenvalue weighted by atomic mass is 32.2. The van der Waals surface area contributed by atoms with Gasteiger partial charge in [-0.1, -0.05) is 31.3 Å². The van der Waals surface area contributed by atoms with Crippen molar-refractivity contribution < 1.29 is 12.9 Å². The van der Waals surface area contributed by atoms with E-state index in [1.54, 1.807) is 13.8 Å². The molecule has 17 heavy (non-hydrogen) atoms. The molecule has 0 aliphatic heterocycles. The van der Waals surface area contributed by atoms with Crippen LogP contribution in [0.1, 0.15) is 44.1 Å². The van der Waals surface area contributed by atoms with Crippen molar-refractivity contribution in [3.8, 4) is 0 Å². The Morgan fingerprint density at radius 1 is 1.24 bits per heavy atom. The topological polar surface area (TPSA) is 72.2 Å². The van der Waals surface area contributed by atoms with Crippen LogP contribution >= 0.6 is 0 Å². The maximum Gasteiger partial charge on any atom is 0.245 e. The van der Waals surface area contributed by atoms with Gasteiger partial charge in [0.25, 0.3) is 0 Å². The van der Waals surface area contributed by atoms with E-state index < -0.39 is 10.0 Å². The van der Waals surface area contributed by atoms with Crippen LogP contribution in [-0.2, 0) is 10.0 Å². The molecular formula is C11H20N2O3S. The molecule has 0 fully saturated rings. The molecule has 1 heterocycles. The Morgan fingerprint density at radius 3 is 2.47 bits per heavy atom. The Balaban J connectivity index is 2.58. The van der Waals surface area contributed by atoms with E-state index in [0.29, 0.717) is 18.0 Å². The highest BCUT2D eigenvalue weighted by molar-refractivity contribution is 7.89. The Bertz CT molecular complexity index is 432. The number of hydrogen-bond donors (Lipinski definition) is 1. The van der Waals surface area contributed by atoms with Gasteiger partial charge in [0.1, 0.15) is 10.6 Å². The first-order valence-electron chi connectivity index (χ1n) is 5.91. The second-order valence-electron chi connectivity index (χ2n) is 4.11. The minimum absolute atomic E-state index is 0.174. The average Bonchev–Trinajstić information content (AvgIpc) is 2.58. The van der Waals surface area contributed by atoms with Crippen molar-refractivity contribution in [2.75, 3.05) is 6.54 Å². The van der Waals surface area contributed by atoms with Crippen LogP contribution in [0, 0.1) is 13.8 Å². The third-order valence-electron chi connectivity index (χ3n) is 2.56. The van der Waals surface area contributed by atoms with Crippen molar-refractivity contribution in [2.24, 2.45) is 0 Å². The van der Waals surface area contributed by atoms with Crippen molar-refractivity contribution in [2.45, 2.75) is 51.3 Å². The first-order chi connectivity index (χ1) is 7.99. The van der Waals surface area contributed by atoms with E-state index in [1.807, 2.05) is 0 Å². The van der Waals surface area contributed by atoms with Crippen LogP contribution in [-0.4, -0.2) is 20.1 Å². The van der Waals surface area contributed by atoms with Crippen LogP contribution in [0.3, 0.4) is 0 Å². The van der Waals surface area contributed by atoms with Gasteiger partial charge < -0.3 is 4.52 Å². The maximum absolute atomic E-state index is 12.0. The molecule has 0 saturated heterocycles. The molecule has 0 saturated carbocycles. The monoisotopic (exact) mass is 260 g/mol. The molecule has 1 aromatic rings. The number of hydrogen-bond acceptors (Lipinski definition) is 4. The SMILES string of the molecule is CCCCCCNS(=O)(=O)c1c(C)noc1C. The third kappa shape index (κ3) is 3.81. The summed E-state index contributed by atoms with van der Waals surface area (Å²) >= 11 is 0. The Labute approximate surface area is 103 Å². The van der Waals surface area contributed by atoms with E-state index >= 15 is 0 Å². The van der Waals surface area contributed by atoms with Crippen LogP contribution in [0.25, 0.3) is 0 Å². The van der Waals surface area contributed by atoms with E-state index in [0.717, 1.165) is 25.7 Å². The van der Waals surface area contributed by atoms with Gasteiger partial charge in [0.2, 0.25) is 10.0 Å². The lowest BCUT2D eigenvalue weighted by Gasteiger charge is -2.05. The molecule has 0 unspecified atom stereocenters. The van der Waals surface area contributed by atoms with Crippen LogP contribution in [0.15, 0.2) is 9.42 Å². The van der Waals surface area contributed by atoms with E-state index in [4.69, 9.17) is 4.52 Å². The van der Waals surface area contributed by atoms with Gasteiger partial charge in [-0.2, -0.15) is 0 Å². The second kappa shape index (κ2) is 6.16. The molecule has 0 radical (unpaired) electrons. The molecule has 0 spiro atoms. The van der Waals surface area contributed by atoms with Gasteiger partial charge in [0.05, 0.1) is 0 Å². The first kappa shape index (κ1) is 14.2. The highest BCUT2D eigenvalue weighted by Crippen LogP contribution is 2.18. The Hall–Kier alpha value is -0.880. The van der Waals surface area contributed by atoms with E-state index in [-0.39, 0.29) is 4.90 Å². The molecule has 1 N–H and O–H groups in total. The zero-order chi connectivity index (χ0) is 12.9. The lowest BCUT2D eigenvalue weighted by molar-refractivity contribution is 0.390. The smallest absolute Gasteiger partial charge is 0.245 e. The molecule has 0 bridgehead atoms. The quantitative estimate of drug-likeness (QED) is 0.762. The minimum atomic E-state index is -3.47. The van der Waals surface area contributed by atoms with Crippen molar-refractivity contribution in [1.82, 2.24) is 9.88 Å². The first-order valence-corrected chi connectivity index (χ1v) is 7.40. The Kier molecular flexibility index (Phi) is 5.14. The molecule has 1 aromatic heterocycles. The van der Waals surface area contributed by atoms with Gasteiger partial charge in [-0.05, 0) is 20.3 Å². The zero-order valence-electron chi connectivity index (χ0n) is 10.6. The lowest BCUT2D eigenvalue weighted by atomic mass is 10.2. The van der Waals surface area contributed by atoms with Gasteiger partial charge in [0.15, 0.2) is 5.76 Å². The fraction of sp³-hybridized carbons (Fsp3) is 0.727. The number of unbranched alkanes of at least 4 members (excludes halogenated alkanes) is 3. The number of aryl methyl sites for hydroxylation is 2. The molecule has 0 amide bonds. The van der Waals surface area contributed by atoms with E-state index in [9.17, 15) is 8.42 Å². The summed E-state index contributed by atoms with van der Waals surface area (Å²) in [6.07, 6.45) is 4.17. The summed E-state index contributed by atoms with van der Waals surface area (Å²) < 4.78 is 31.3. The number of rotatable bonds is 7. The van der Waals surface area contributed by atoms with Gasteiger partial charge in [0, 0.05) is 6.54 Å². The van der Waals surface area contributed by atoms with Gasteiger partial charge in [-0.15, -0.1) is 0 Å². The maximum atomic E-state index is 12.0. The Morgan fingerprint density at radius 2 is 1.94 bits per heavy atom. The predicted octanol–water partition coefficient (Wildman–Crippen LogP) is 2.15. The summed E-state index contributed by atoms with van der Waals surface area (Å²) in [6, 6.07) is 0. The summed E-state index contributed by atoms with van der Waals surface area (Å²) in [7, 11) is -3.47. The van der Waals surface area contributed by atoms with Crippen molar-refractivity contribution >= 4 is 10.0 Å². The number of aromatic nitrogens is 1.